The molecule has 24 heavy (non-hydrogen) atoms. The number of aliphatic imine (C=N–C) groups is 1. The lowest BCUT2D eigenvalue weighted by molar-refractivity contribution is -0.143. The SMILES string of the molecule is CCOC(=O)CCCNC(=NC)NCC1(CCOC)CCCC1.I. The van der Waals surface area contributed by atoms with Gasteiger partial charge in [0.2, 0.25) is 0 Å². The number of carbonyl (C=O) groups is 1. The molecule has 0 aromatic carbocycles. The van der Waals surface area contributed by atoms with E-state index in [0.717, 1.165) is 32.0 Å². The second kappa shape index (κ2) is 13.7. The molecule has 6 nitrogen and oxygen atoms in total. The topological polar surface area (TPSA) is 72.0 Å². The maximum Gasteiger partial charge on any atom is 0.305 e. The van der Waals surface area contributed by atoms with Gasteiger partial charge < -0.3 is 20.1 Å². The van der Waals surface area contributed by atoms with Crippen molar-refractivity contribution < 1.29 is 14.3 Å². The molecule has 1 rings (SSSR count). The Kier molecular flexibility index (Phi) is 13.4. The van der Waals surface area contributed by atoms with Crippen LogP contribution in [0.3, 0.4) is 0 Å². The highest BCUT2D eigenvalue weighted by molar-refractivity contribution is 14.0. The predicted molar refractivity (Wildman–Crippen MR) is 108 cm³/mol. The first kappa shape index (κ1) is 23.4. The summed E-state index contributed by atoms with van der Waals surface area (Å²) in [5.41, 5.74) is 0.332. The zero-order chi connectivity index (χ0) is 17.0. The summed E-state index contributed by atoms with van der Waals surface area (Å²) in [6.45, 7) is 4.72. The van der Waals surface area contributed by atoms with Crippen LogP contribution < -0.4 is 10.6 Å². The Morgan fingerprint density at radius 1 is 1.25 bits per heavy atom. The van der Waals surface area contributed by atoms with Crippen molar-refractivity contribution >= 4 is 35.9 Å². The molecule has 0 aliphatic heterocycles. The van der Waals surface area contributed by atoms with Crippen LogP contribution >= 0.6 is 24.0 Å². The maximum atomic E-state index is 11.3. The van der Waals surface area contributed by atoms with Crippen LogP contribution in [0.15, 0.2) is 4.99 Å². The third kappa shape index (κ3) is 9.05. The van der Waals surface area contributed by atoms with Crippen molar-refractivity contribution in [2.24, 2.45) is 10.4 Å². The minimum Gasteiger partial charge on any atom is -0.466 e. The molecule has 0 aromatic heterocycles. The first-order valence-electron chi connectivity index (χ1n) is 8.75. The summed E-state index contributed by atoms with van der Waals surface area (Å²) >= 11 is 0. The van der Waals surface area contributed by atoms with E-state index < -0.39 is 0 Å². The summed E-state index contributed by atoms with van der Waals surface area (Å²) in [7, 11) is 3.54. The Morgan fingerprint density at radius 3 is 2.54 bits per heavy atom. The van der Waals surface area contributed by atoms with Gasteiger partial charge in [-0.15, -0.1) is 24.0 Å². The Morgan fingerprint density at radius 2 is 1.96 bits per heavy atom. The molecule has 2 N–H and O–H groups in total. The van der Waals surface area contributed by atoms with Gasteiger partial charge in [0.25, 0.3) is 0 Å². The fraction of sp³-hybridized carbons (Fsp3) is 0.882. The second-order valence-corrected chi connectivity index (χ2v) is 6.21. The van der Waals surface area contributed by atoms with Crippen LogP contribution in [0.2, 0.25) is 0 Å². The molecule has 0 spiro atoms. The highest BCUT2D eigenvalue weighted by atomic mass is 127. The molecule has 0 aromatic rings. The van der Waals surface area contributed by atoms with Crippen LogP contribution in [0.1, 0.15) is 51.9 Å². The number of methoxy groups -OCH3 is 1. The van der Waals surface area contributed by atoms with Crippen LogP contribution in [0.25, 0.3) is 0 Å². The number of guanidine groups is 1. The van der Waals surface area contributed by atoms with Crippen molar-refractivity contribution in [1.29, 1.82) is 0 Å². The fourth-order valence-electron chi connectivity index (χ4n) is 3.12. The standard InChI is InChI=1S/C17H33N3O3.HI/c1-4-23-15(21)8-7-12-19-16(18-2)20-14-17(11-13-22-3)9-5-6-10-17;/h4-14H2,1-3H3,(H2,18,19,20);1H. The van der Waals surface area contributed by atoms with Crippen molar-refractivity contribution in [3.63, 3.8) is 0 Å². The van der Waals surface area contributed by atoms with Gasteiger partial charge in [-0.2, -0.15) is 0 Å². The number of carbonyl (C=O) groups excluding carboxylic acids is 1. The van der Waals surface area contributed by atoms with Crippen LogP contribution in [0, 0.1) is 5.41 Å². The number of nitrogens with zero attached hydrogens (tertiary/aromatic N) is 1. The van der Waals surface area contributed by atoms with Crippen molar-refractivity contribution in [3.05, 3.63) is 0 Å². The van der Waals surface area contributed by atoms with E-state index in [-0.39, 0.29) is 29.9 Å². The summed E-state index contributed by atoms with van der Waals surface area (Å²) in [5.74, 6) is 0.666. The fourth-order valence-corrected chi connectivity index (χ4v) is 3.12. The Balaban J connectivity index is 0.00000529. The molecule has 0 unspecified atom stereocenters. The average Bonchev–Trinajstić information content (AvgIpc) is 3.02. The largest absolute Gasteiger partial charge is 0.466 e. The van der Waals surface area contributed by atoms with E-state index in [1.807, 2.05) is 6.92 Å². The molecular weight excluding hydrogens is 421 g/mol. The summed E-state index contributed by atoms with van der Waals surface area (Å²) < 4.78 is 10.2. The summed E-state index contributed by atoms with van der Waals surface area (Å²) in [4.78, 5) is 15.6. The number of nitrogens with one attached hydrogen (secondary N) is 2. The molecular formula is C17H34IN3O3. The van der Waals surface area contributed by atoms with E-state index in [4.69, 9.17) is 9.47 Å². The molecule has 0 amide bonds. The van der Waals surface area contributed by atoms with Crippen molar-refractivity contribution in [2.45, 2.75) is 51.9 Å². The first-order chi connectivity index (χ1) is 11.2. The smallest absolute Gasteiger partial charge is 0.305 e. The zero-order valence-corrected chi connectivity index (χ0v) is 17.7. The molecule has 0 saturated heterocycles. The monoisotopic (exact) mass is 455 g/mol. The molecule has 1 fully saturated rings. The molecule has 0 atom stereocenters. The number of ether oxygens (including phenoxy) is 2. The van der Waals surface area contributed by atoms with E-state index in [0.29, 0.717) is 25.0 Å². The van der Waals surface area contributed by atoms with Gasteiger partial charge in [0.15, 0.2) is 5.96 Å². The molecule has 0 bridgehead atoms. The van der Waals surface area contributed by atoms with Gasteiger partial charge in [-0.1, -0.05) is 12.8 Å². The van der Waals surface area contributed by atoms with Crippen LogP contribution in [-0.4, -0.2) is 52.4 Å². The number of rotatable bonds is 10. The lowest BCUT2D eigenvalue weighted by Crippen LogP contribution is -2.43. The Labute approximate surface area is 163 Å². The van der Waals surface area contributed by atoms with Gasteiger partial charge >= 0.3 is 5.97 Å². The molecule has 0 heterocycles. The van der Waals surface area contributed by atoms with E-state index in [9.17, 15) is 4.79 Å². The lowest BCUT2D eigenvalue weighted by Gasteiger charge is -2.29. The van der Waals surface area contributed by atoms with Crippen molar-refractivity contribution in [3.8, 4) is 0 Å². The van der Waals surface area contributed by atoms with Gasteiger partial charge in [-0.3, -0.25) is 9.79 Å². The highest BCUT2D eigenvalue weighted by Crippen LogP contribution is 2.40. The van der Waals surface area contributed by atoms with Crippen LogP contribution in [-0.2, 0) is 14.3 Å². The molecule has 142 valence electrons. The number of hydrogen-bond donors (Lipinski definition) is 2. The molecule has 1 saturated carbocycles. The van der Waals surface area contributed by atoms with Gasteiger partial charge in [-0.25, -0.2) is 0 Å². The number of esters is 1. The molecule has 1 aliphatic carbocycles. The predicted octanol–water partition coefficient (Wildman–Crippen LogP) is 2.71. The minimum absolute atomic E-state index is 0. The molecule has 1 aliphatic rings. The van der Waals surface area contributed by atoms with E-state index in [1.165, 1.54) is 25.7 Å². The quantitative estimate of drug-likeness (QED) is 0.174. The zero-order valence-electron chi connectivity index (χ0n) is 15.4. The Hall–Kier alpha value is -0.570. The Bertz CT molecular complexity index is 372. The summed E-state index contributed by atoms with van der Waals surface area (Å²) in [6.07, 6.45) is 7.39. The van der Waals surface area contributed by atoms with E-state index >= 15 is 0 Å². The van der Waals surface area contributed by atoms with Gasteiger partial charge in [-0.05, 0) is 38.0 Å². The normalized spacial score (nSPS) is 16.4. The summed E-state index contributed by atoms with van der Waals surface area (Å²) in [6, 6.07) is 0. The van der Waals surface area contributed by atoms with E-state index in [1.54, 1.807) is 14.2 Å². The minimum atomic E-state index is -0.137. The van der Waals surface area contributed by atoms with Gasteiger partial charge in [0, 0.05) is 40.3 Å². The third-order valence-electron chi connectivity index (χ3n) is 4.51. The third-order valence-corrected chi connectivity index (χ3v) is 4.51. The lowest BCUT2D eigenvalue weighted by atomic mass is 9.83. The number of hydrogen-bond acceptors (Lipinski definition) is 4. The van der Waals surface area contributed by atoms with Crippen LogP contribution in [0.4, 0.5) is 0 Å². The van der Waals surface area contributed by atoms with E-state index in [2.05, 4.69) is 15.6 Å². The van der Waals surface area contributed by atoms with Crippen molar-refractivity contribution in [1.82, 2.24) is 10.6 Å². The van der Waals surface area contributed by atoms with Crippen LogP contribution in [0.5, 0.6) is 0 Å². The first-order valence-corrected chi connectivity index (χ1v) is 8.75. The molecule has 7 heteroatoms. The van der Waals surface area contributed by atoms with Crippen molar-refractivity contribution in [2.75, 3.05) is 40.5 Å². The van der Waals surface area contributed by atoms with Gasteiger partial charge in [0.1, 0.15) is 0 Å². The maximum absolute atomic E-state index is 11.3. The number of halogens is 1. The summed E-state index contributed by atoms with van der Waals surface area (Å²) in [5, 5.41) is 6.71. The second-order valence-electron chi connectivity index (χ2n) is 6.21. The van der Waals surface area contributed by atoms with Gasteiger partial charge in [0.05, 0.1) is 6.61 Å². The highest BCUT2D eigenvalue weighted by Gasteiger charge is 2.33. The average molecular weight is 455 g/mol. The molecule has 0 radical (unpaired) electrons.